The Labute approximate surface area is 245 Å². The van der Waals surface area contributed by atoms with E-state index in [2.05, 4.69) is 20.6 Å². The van der Waals surface area contributed by atoms with E-state index < -0.39 is 17.9 Å². The van der Waals surface area contributed by atoms with Gasteiger partial charge in [-0.3, -0.25) is 39.3 Å². The van der Waals surface area contributed by atoms with Crippen molar-refractivity contribution < 1.29 is 33.9 Å². The number of hydrogen-bond acceptors (Lipinski definition) is 9. The van der Waals surface area contributed by atoms with Crippen LogP contribution in [0.5, 0.6) is 0 Å². The lowest BCUT2D eigenvalue weighted by Crippen LogP contribution is -2.52. The second-order valence-electron chi connectivity index (χ2n) is 9.87. The summed E-state index contributed by atoms with van der Waals surface area (Å²) in [5.74, 6) is -2.16. The van der Waals surface area contributed by atoms with Crippen LogP contribution in [0.1, 0.15) is 52.8 Å². The van der Waals surface area contributed by atoms with Gasteiger partial charge in [0.2, 0.25) is 11.8 Å². The van der Waals surface area contributed by atoms with Gasteiger partial charge in [-0.25, -0.2) is 4.79 Å². The molecule has 12 nitrogen and oxygen atoms in total. The van der Waals surface area contributed by atoms with Gasteiger partial charge >= 0.3 is 5.97 Å². The van der Waals surface area contributed by atoms with Crippen molar-refractivity contribution >= 4 is 57.1 Å². The van der Waals surface area contributed by atoms with Crippen molar-refractivity contribution in [2.24, 2.45) is 5.73 Å². The summed E-state index contributed by atoms with van der Waals surface area (Å²) in [6.45, 7) is 0. The van der Waals surface area contributed by atoms with Gasteiger partial charge in [-0.05, 0) is 37.1 Å². The van der Waals surface area contributed by atoms with E-state index in [1.165, 1.54) is 0 Å². The molecule has 1 aliphatic carbocycles. The number of rotatable bonds is 3. The summed E-state index contributed by atoms with van der Waals surface area (Å²) >= 11 is 0. The van der Waals surface area contributed by atoms with E-state index in [1.54, 1.807) is 48.8 Å². The molecule has 1 aliphatic heterocycles. The number of carbonyl (C=O) groups excluding carboxylic acids is 5. The monoisotopic (exact) mass is 583 g/mol. The molecule has 6 rings (SSSR count). The molecule has 220 valence electrons. The largest absolute Gasteiger partial charge is 0.478 e. The van der Waals surface area contributed by atoms with Crippen molar-refractivity contribution in [3.63, 3.8) is 0 Å². The van der Waals surface area contributed by atoms with Crippen molar-refractivity contribution in [3.05, 3.63) is 84.2 Å². The molecule has 2 fully saturated rings. The highest BCUT2D eigenvalue weighted by Gasteiger charge is 2.28. The Morgan fingerprint density at radius 3 is 1.95 bits per heavy atom. The quantitative estimate of drug-likeness (QED) is 0.205. The number of Topliss-reactive ketones (excluding diaryl/α,β-unsaturated/α-hetero) is 2. The summed E-state index contributed by atoms with van der Waals surface area (Å²) in [5, 5.41) is 15.4. The summed E-state index contributed by atoms with van der Waals surface area (Å²) in [4.78, 5) is 75.3. The molecule has 2 aromatic carbocycles. The van der Waals surface area contributed by atoms with Crippen LogP contribution in [-0.4, -0.2) is 62.4 Å². The maximum absolute atomic E-state index is 12.3. The van der Waals surface area contributed by atoms with Crippen LogP contribution < -0.4 is 16.4 Å². The molecule has 1 saturated carbocycles. The second kappa shape index (κ2) is 14.0. The first-order chi connectivity index (χ1) is 20.6. The van der Waals surface area contributed by atoms with Gasteiger partial charge in [-0.2, -0.15) is 0 Å². The van der Waals surface area contributed by atoms with Crippen molar-refractivity contribution in [1.29, 1.82) is 0 Å². The lowest BCUT2D eigenvalue weighted by atomic mass is 9.94. The van der Waals surface area contributed by atoms with Crippen LogP contribution in [-0.2, 0) is 19.2 Å². The first kappa shape index (κ1) is 30.6. The molecule has 0 bridgehead atoms. The minimum atomic E-state index is -0.940. The molecule has 1 saturated heterocycles. The number of imide groups is 1. The van der Waals surface area contributed by atoms with E-state index in [-0.39, 0.29) is 47.8 Å². The molecule has 4 aromatic rings. The minimum absolute atomic E-state index is 0.0294. The standard InChI is InChI=1S/C15H13N3O3.C10H7NO2.C6H9NO2/c19-12-7-6-11(15(21)18-12)17-14(20)10-5-1-3-9-4-2-8-16-13(9)10;12-10(13)8-5-1-3-7-4-2-6-11-9(7)8;7-5-2-1-4(8)3-6(5)9/h1-5,8,11H,6-7H2,(H,17,20)(H,18,19,21);1-6H,(H,12,13);5H,1-3,7H2. The maximum atomic E-state index is 12.3. The van der Waals surface area contributed by atoms with E-state index in [1.807, 2.05) is 24.3 Å². The van der Waals surface area contributed by atoms with Crippen molar-refractivity contribution in [3.8, 4) is 0 Å². The average molecular weight is 584 g/mol. The highest BCUT2D eigenvalue weighted by Crippen LogP contribution is 2.17. The predicted molar refractivity (Wildman–Crippen MR) is 156 cm³/mol. The number of piperidine rings is 1. The van der Waals surface area contributed by atoms with Crippen molar-refractivity contribution in [1.82, 2.24) is 20.6 Å². The van der Waals surface area contributed by atoms with E-state index in [4.69, 9.17) is 10.8 Å². The Bertz CT molecular complexity index is 1710. The summed E-state index contributed by atoms with van der Waals surface area (Å²) in [6.07, 6.45) is 4.82. The molecule has 3 amide bonds. The van der Waals surface area contributed by atoms with Crippen LogP contribution in [0, 0.1) is 0 Å². The van der Waals surface area contributed by atoms with Crippen molar-refractivity contribution in [2.45, 2.75) is 44.2 Å². The zero-order chi connectivity index (χ0) is 30.9. The van der Waals surface area contributed by atoms with Crippen LogP contribution in [0.2, 0.25) is 0 Å². The molecule has 43 heavy (non-hydrogen) atoms. The number of nitrogens with zero attached hydrogens (tertiary/aromatic N) is 2. The van der Waals surface area contributed by atoms with E-state index in [0.717, 1.165) is 10.8 Å². The number of hydrogen-bond donors (Lipinski definition) is 4. The normalized spacial score (nSPS) is 18.1. The molecular weight excluding hydrogens is 554 g/mol. The first-order valence-electron chi connectivity index (χ1n) is 13.5. The molecule has 2 atom stereocenters. The molecular formula is C31H29N5O7. The third-order valence-corrected chi connectivity index (χ3v) is 6.80. The minimum Gasteiger partial charge on any atom is -0.478 e. The molecule has 2 aromatic heterocycles. The van der Waals surface area contributed by atoms with Gasteiger partial charge in [0.25, 0.3) is 5.91 Å². The number of carboxylic acids is 1. The van der Waals surface area contributed by atoms with Gasteiger partial charge in [0.15, 0.2) is 5.78 Å². The predicted octanol–water partition coefficient (Wildman–Crippen LogP) is 2.34. The number of carboxylic acid groups (broad SMARTS) is 1. The van der Waals surface area contributed by atoms with Crippen LogP contribution >= 0.6 is 0 Å². The van der Waals surface area contributed by atoms with Crippen LogP contribution in [0.4, 0.5) is 0 Å². The number of carbonyl (C=O) groups is 6. The number of nitrogens with one attached hydrogen (secondary N) is 2. The third-order valence-electron chi connectivity index (χ3n) is 6.80. The van der Waals surface area contributed by atoms with Gasteiger partial charge < -0.3 is 16.2 Å². The number of aromatic carboxylic acids is 1. The van der Waals surface area contributed by atoms with Gasteiger partial charge in [-0.1, -0.05) is 36.4 Å². The number of nitrogens with two attached hydrogens (primary N) is 1. The first-order valence-corrected chi connectivity index (χ1v) is 13.5. The number of pyridine rings is 2. The molecule has 3 heterocycles. The molecule has 2 aliphatic rings. The number of ketones is 2. The van der Waals surface area contributed by atoms with Gasteiger partial charge in [0.1, 0.15) is 11.8 Å². The number of benzene rings is 2. The SMILES string of the molecule is NC1CCC(=O)CC1=O.O=C(O)c1cccc2cccnc12.O=C1CCC(NC(=O)c2cccc3cccnc23)C(=O)N1. The zero-order valence-corrected chi connectivity index (χ0v) is 23.0. The smallest absolute Gasteiger partial charge is 0.337 e. The van der Waals surface area contributed by atoms with Gasteiger partial charge in [-0.15, -0.1) is 0 Å². The Morgan fingerprint density at radius 1 is 0.814 bits per heavy atom. The second-order valence-corrected chi connectivity index (χ2v) is 9.87. The molecule has 0 spiro atoms. The lowest BCUT2D eigenvalue weighted by Gasteiger charge is -2.21. The Hall–Kier alpha value is -5.36. The van der Waals surface area contributed by atoms with Crippen LogP contribution in [0.3, 0.4) is 0 Å². The van der Waals surface area contributed by atoms with E-state index in [9.17, 15) is 28.8 Å². The fraction of sp³-hybridized carbons (Fsp3) is 0.226. The third kappa shape index (κ3) is 7.89. The Kier molecular flexibility index (Phi) is 9.97. The van der Waals surface area contributed by atoms with Crippen LogP contribution in [0.25, 0.3) is 21.8 Å². The van der Waals surface area contributed by atoms with Crippen LogP contribution in [0.15, 0.2) is 73.1 Å². The van der Waals surface area contributed by atoms with Gasteiger partial charge in [0.05, 0.1) is 34.6 Å². The average Bonchev–Trinajstić information content (AvgIpc) is 3.00. The molecule has 0 radical (unpaired) electrons. The van der Waals surface area contributed by atoms with E-state index >= 15 is 0 Å². The van der Waals surface area contributed by atoms with Crippen molar-refractivity contribution in [2.75, 3.05) is 0 Å². The number of fused-ring (bicyclic) bond motifs is 2. The molecule has 2 unspecified atom stereocenters. The molecule has 5 N–H and O–H groups in total. The summed E-state index contributed by atoms with van der Waals surface area (Å²) < 4.78 is 0. The lowest BCUT2D eigenvalue weighted by molar-refractivity contribution is -0.135. The Balaban J connectivity index is 0.000000163. The zero-order valence-electron chi connectivity index (χ0n) is 23.0. The summed E-state index contributed by atoms with van der Waals surface area (Å²) in [6, 6.07) is 16.6. The number of amides is 3. The van der Waals surface area contributed by atoms with Gasteiger partial charge in [0, 0.05) is 36.0 Å². The molecule has 12 heteroatoms. The number of aromatic nitrogens is 2. The topological polar surface area (TPSA) is 199 Å². The Morgan fingerprint density at radius 2 is 1.40 bits per heavy atom. The summed E-state index contributed by atoms with van der Waals surface area (Å²) in [5.41, 5.74) is 7.13. The van der Waals surface area contributed by atoms with E-state index in [0.29, 0.717) is 35.9 Å². The summed E-state index contributed by atoms with van der Waals surface area (Å²) in [7, 11) is 0. The highest BCUT2D eigenvalue weighted by atomic mass is 16.4. The number of para-hydroxylation sites is 2. The maximum Gasteiger partial charge on any atom is 0.337 e. The highest BCUT2D eigenvalue weighted by molar-refractivity contribution is 6.08. The fourth-order valence-electron chi connectivity index (χ4n) is 4.52. The fourth-order valence-corrected chi connectivity index (χ4v) is 4.52.